The third-order valence-electron chi connectivity index (χ3n) is 3.97. The molecule has 0 bridgehead atoms. The van der Waals surface area contributed by atoms with Crippen molar-refractivity contribution in [1.29, 1.82) is 0 Å². The Hall–Kier alpha value is -1.43. The highest BCUT2D eigenvalue weighted by molar-refractivity contribution is 5.75. The molecule has 1 aromatic heterocycles. The zero-order valence-corrected chi connectivity index (χ0v) is 13.9. The summed E-state index contributed by atoms with van der Waals surface area (Å²) in [5, 5.41) is 10.3. The monoisotopic (exact) mass is 308 g/mol. The van der Waals surface area contributed by atoms with Gasteiger partial charge in [-0.05, 0) is 38.3 Å². The van der Waals surface area contributed by atoms with Gasteiger partial charge < -0.3 is 15.2 Å². The molecular formula is C16H28N4O2. The molecule has 1 aromatic rings. The lowest BCUT2D eigenvalue weighted by Crippen LogP contribution is -2.26. The fraction of sp³-hybridized carbons (Fsp3) is 0.812. The summed E-state index contributed by atoms with van der Waals surface area (Å²) in [5.41, 5.74) is -0.103. The van der Waals surface area contributed by atoms with Crippen molar-refractivity contribution in [2.24, 2.45) is 5.92 Å². The summed E-state index contributed by atoms with van der Waals surface area (Å²) in [6.45, 7) is 9.13. The fourth-order valence-electron chi connectivity index (χ4n) is 2.53. The minimum Gasteiger partial charge on any atom is -0.356 e. The van der Waals surface area contributed by atoms with Crippen LogP contribution in [-0.2, 0) is 16.6 Å². The Morgan fingerprint density at radius 1 is 1.45 bits per heavy atom. The quantitative estimate of drug-likeness (QED) is 0.803. The largest absolute Gasteiger partial charge is 0.356 e. The molecule has 6 nitrogen and oxygen atoms in total. The minimum atomic E-state index is -0.103. The highest BCUT2D eigenvalue weighted by atomic mass is 16.5. The van der Waals surface area contributed by atoms with E-state index in [1.807, 2.05) is 0 Å². The summed E-state index contributed by atoms with van der Waals surface area (Å²) in [6.07, 6.45) is 4.20. The lowest BCUT2D eigenvalue weighted by atomic mass is 9.96. The van der Waals surface area contributed by atoms with Crippen molar-refractivity contribution in [2.75, 3.05) is 19.6 Å². The maximum atomic E-state index is 11.8. The van der Waals surface area contributed by atoms with Crippen molar-refractivity contribution in [2.45, 2.75) is 58.3 Å². The van der Waals surface area contributed by atoms with Crippen molar-refractivity contribution in [3.8, 4) is 0 Å². The first kappa shape index (κ1) is 16.9. The maximum absolute atomic E-state index is 11.8. The molecule has 124 valence electrons. The van der Waals surface area contributed by atoms with Crippen LogP contribution in [0, 0.1) is 5.92 Å². The topological polar surface area (TPSA) is 80.0 Å². The number of amides is 1. The van der Waals surface area contributed by atoms with Crippen LogP contribution in [0.15, 0.2) is 4.52 Å². The first-order valence-corrected chi connectivity index (χ1v) is 8.25. The predicted molar refractivity (Wildman–Crippen MR) is 84.5 cm³/mol. The van der Waals surface area contributed by atoms with Gasteiger partial charge in [0.2, 0.25) is 11.8 Å². The van der Waals surface area contributed by atoms with Crippen LogP contribution < -0.4 is 10.6 Å². The molecule has 0 aliphatic carbocycles. The molecule has 2 rings (SSSR count). The standard InChI is InChI=1S/C16H28N4O2/c1-16(2,3)15-19-14(22-20-15)6-4-5-13(21)18-10-8-12-7-9-17-11-12/h12,17H,4-11H2,1-3H3,(H,18,21). The van der Waals surface area contributed by atoms with E-state index < -0.39 is 0 Å². The molecule has 1 unspecified atom stereocenters. The van der Waals surface area contributed by atoms with Gasteiger partial charge in [-0.3, -0.25) is 4.79 Å². The predicted octanol–water partition coefficient (Wildman–Crippen LogP) is 1.81. The fourth-order valence-corrected chi connectivity index (χ4v) is 2.53. The molecule has 0 saturated carbocycles. The Labute approximate surface area is 132 Å². The average molecular weight is 308 g/mol. The molecule has 1 amide bonds. The van der Waals surface area contributed by atoms with Gasteiger partial charge in [-0.1, -0.05) is 25.9 Å². The van der Waals surface area contributed by atoms with E-state index in [4.69, 9.17) is 4.52 Å². The van der Waals surface area contributed by atoms with Crippen LogP contribution in [-0.4, -0.2) is 35.7 Å². The Kier molecular flexibility index (Phi) is 5.94. The Morgan fingerprint density at radius 2 is 2.27 bits per heavy atom. The van der Waals surface area contributed by atoms with E-state index in [2.05, 4.69) is 41.5 Å². The van der Waals surface area contributed by atoms with Gasteiger partial charge in [0.1, 0.15) is 0 Å². The number of aromatic nitrogens is 2. The van der Waals surface area contributed by atoms with Gasteiger partial charge in [0.05, 0.1) is 0 Å². The van der Waals surface area contributed by atoms with E-state index in [-0.39, 0.29) is 11.3 Å². The number of aryl methyl sites for hydroxylation is 1. The number of hydrogen-bond acceptors (Lipinski definition) is 5. The molecule has 2 N–H and O–H groups in total. The maximum Gasteiger partial charge on any atom is 0.226 e. The zero-order chi connectivity index (χ0) is 16.0. The molecular weight excluding hydrogens is 280 g/mol. The van der Waals surface area contributed by atoms with Crippen LogP contribution in [0.3, 0.4) is 0 Å². The number of nitrogens with zero attached hydrogens (tertiary/aromatic N) is 2. The first-order valence-electron chi connectivity index (χ1n) is 8.25. The van der Waals surface area contributed by atoms with Gasteiger partial charge in [0.15, 0.2) is 5.82 Å². The molecule has 0 aromatic carbocycles. The first-order chi connectivity index (χ1) is 10.4. The second kappa shape index (κ2) is 7.72. The van der Waals surface area contributed by atoms with E-state index in [0.717, 1.165) is 44.2 Å². The lowest BCUT2D eigenvalue weighted by Gasteiger charge is -2.10. The molecule has 0 spiro atoms. The van der Waals surface area contributed by atoms with Crippen molar-refractivity contribution < 1.29 is 9.32 Å². The van der Waals surface area contributed by atoms with Crippen LogP contribution in [0.4, 0.5) is 0 Å². The molecule has 1 aliphatic rings. The molecule has 0 radical (unpaired) electrons. The van der Waals surface area contributed by atoms with Crippen molar-refractivity contribution in [1.82, 2.24) is 20.8 Å². The van der Waals surface area contributed by atoms with E-state index in [1.54, 1.807) is 0 Å². The lowest BCUT2D eigenvalue weighted by molar-refractivity contribution is -0.121. The van der Waals surface area contributed by atoms with Crippen LogP contribution in [0.2, 0.25) is 0 Å². The number of rotatable bonds is 7. The van der Waals surface area contributed by atoms with Gasteiger partial charge in [-0.15, -0.1) is 0 Å². The summed E-state index contributed by atoms with van der Waals surface area (Å²) >= 11 is 0. The van der Waals surface area contributed by atoms with Gasteiger partial charge in [0, 0.05) is 24.8 Å². The second-order valence-electron chi connectivity index (χ2n) is 7.11. The summed E-state index contributed by atoms with van der Waals surface area (Å²) in [5.74, 6) is 2.17. The summed E-state index contributed by atoms with van der Waals surface area (Å²) in [4.78, 5) is 16.2. The molecule has 1 atom stereocenters. The molecule has 22 heavy (non-hydrogen) atoms. The normalized spacial score (nSPS) is 18.6. The molecule has 1 fully saturated rings. The zero-order valence-electron chi connectivity index (χ0n) is 13.9. The van der Waals surface area contributed by atoms with Gasteiger partial charge >= 0.3 is 0 Å². The Bertz CT molecular complexity index is 473. The number of carbonyl (C=O) groups excluding carboxylic acids is 1. The van der Waals surface area contributed by atoms with Crippen LogP contribution in [0.1, 0.15) is 58.2 Å². The Morgan fingerprint density at radius 3 is 2.91 bits per heavy atom. The number of hydrogen-bond donors (Lipinski definition) is 2. The van der Waals surface area contributed by atoms with Crippen molar-refractivity contribution in [3.63, 3.8) is 0 Å². The van der Waals surface area contributed by atoms with Gasteiger partial charge in [-0.25, -0.2) is 0 Å². The van der Waals surface area contributed by atoms with E-state index in [9.17, 15) is 4.79 Å². The van der Waals surface area contributed by atoms with Crippen molar-refractivity contribution in [3.05, 3.63) is 11.7 Å². The Balaban J connectivity index is 1.59. The van der Waals surface area contributed by atoms with E-state index >= 15 is 0 Å². The van der Waals surface area contributed by atoms with E-state index in [0.29, 0.717) is 18.7 Å². The summed E-state index contributed by atoms with van der Waals surface area (Å²) < 4.78 is 5.22. The molecule has 1 aliphatic heterocycles. The van der Waals surface area contributed by atoms with Gasteiger partial charge in [0.25, 0.3) is 0 Å². The van der Waals surface area contributed by atoms with Gasteiger partial charge in [-0.2, -0.15) is 4.98 Å². The van der Waals surface area contributed by atoms with Crippen molar-refractivity contribution >= 4 is 5.91 Å². The highest BCUT2D eigenvalue weighted by Gasteiger charge is 2.20. The van der Waals surface area contributed by atoms with Crippen LogP contribution >= 0.6 is 0 Å². The summed E-state index contributed by atoms with van der Waals surface area (Å²) in [7, 11) is 0. The smallest absolute Gasteiger partial charge is 0.226 e. The van der Waals surface area contributed by atoms with Crippen LogP contribution in [0.25, 0.3) is 0 Å². The van der Waals surface area contributed by atoms with E-state index in [1.165, 1.54) is 6.42 Å². The molecule has 1 saturated heterocycles. The molecule has 6 heteroatoms. The number of nitrogens with one attached hydrogen (secondary N) is 2. The average Bonchev–Trinajstić information content (AvgIpc) is 3.09. The third kappa shape index (κ3) is 5.40. The molecule has 2 heterocycles. The number of carbonyl (C=O) groups is 1. The third-order valence-corrected chi connectivity index (χ3v) is 3.97. The van der Waals surface area contributed by atoms with Crippen LogP contribution in [0.5, 0.6) is 0 Å². The summed E-state index contributed by atoms with van der Waals surface area (Å²) in [6, 6.07) is 0. The minimum absolute atomic E-state index is 0.103. The highest BCUT2D eigenvalue weighted by Crippen LogP contribution is 2.18. The SMILES string of the molecule is CC(C)(C)c1noc(CCCC(=O)NCCC2CCNC2)n1. The second-order valence-corrected chi connectivity index (χ2v) is 7.11.